The number of anilines is 1. The average Bonchev–Trinajstić information content (AvgIpc) is 2.79. The van der Waals surface area contributed by atoms with Gasteiger partial charge in [-0.1, -0.05) is 0 Å². The molecule has 0 aliphatic carbocycles. The Hall–Kier alpha value is -3.66. The van der Waals surface area contributed by atoms with E-state index in [9.17, 15) is 22.0 Å². The minimum atomic E-state index is -3.81. The van der Waals surface area contributed by atoms with Gasteiger partial charge < -0.3 is 14.8 Å². The summed E-state index contributed by atoms with van der Waals surface area (Å²) in [4.78, 5) is 12.5. The number of ether oxygens (including phenoxy) is 2. The van der Waals surface area contributed by atoms with E-state index in [1.807, 2.05) is 6.92 Å². The largest absolute Gasteiger partial charge is 0.494 e. The Labute approximate surface area is 196 Å². The fraction of sp³-hybridized carbons (Fsp3) is 0.208. The second-order valence-corrected chi connectivity index (χ2v) is 9.03. The van der Waals surface area contributed by atoms with Gasteiger partial charge in [0.1, 0.15) is 18.2 Å². The van der Waals surface area contributed by atoms with Crippen LogP contribution in [-0.4, -0.2) is 33.6 Å². The molecule has 34 heavy (non-hydrogen) atoms. The molecular weight excluding hydrogens is 466 g/mol. The number of carbonyl (C=O) groups is 1. The van der Waals surface area contributed by atoms with Crippen LogP contribution in [0.1, 0.15) is 24.2 Å². The van der Waals surface area contributed by atoms with Crippen LogP contribution in [0.25, 0.3) is 0 Å². The van der Waals surface area contributed by atoms with Crippen LogP contribution in [0.3, 0.4) is 0 Å². The summed E-state index contributed by atoms with van der Waals surface area (Å²) in [5.41, 5.74) is 0.581. The minimum Gasteiger partial charge on any atom is -0.494 e. The molecule has 0 bridgehead atoms. The average molecular weight is 491 g/mol. The molecule has 0 fully saturated rings. The number of amides is 1. The van der Waals surface area contributed by atoms with Crippen LogP contribution in [0.2, 0.25) is 0 Å². The van der Waals surface area contributed by atoms with Gasteiger partial charge in [-0.05, 0) is 74.5 Å². The lowest BCUT2D eigenvalue weighted by atomic mass is 10.2. The number of hydrogen-bond donors (Lipinski definition) is 2. The first-order chi connectivity index (χ1) is 16.2. The third-order valence-corrected chi connectivity index (χ3v) is 6.00. The van der Waals surface area contributed by atoms with E-state index in [-0.39, 0.29) is 22.9 Å². The molecule has 0 heterocycles. The lowest BCUT2D eigenvalue weighted by molar-refractivity contribution is 0.0926. The Bertz CT molecular complexity index is 1230. The predicted octanol–water partition coefficient (Wildman–Crippen LogP) is 4.36. The van der Waals surface area contributed by atoms with Gasteiger partial charge in [0.15, 0.2) is 11.6 Å². The molecule has 0 aliphatic heterocycles. The predicted molar refractivity (Wildman–Crippen MR) is 124 cm³/mol. The highest BCUT2D eigenvalue weighted by Crippen LogP contribution is 2.20. The molecule has 1 unspecified atom stereocenters. The van der Waals surface area contributed by atoms with Crippen LogP contribution in [-0.2, 0) is 10.0 Å². The van der Waals surface area contributed by atoms with E-state index in [4.69, 9.17) is 9.47 Å². The summed E-state index contributed by atoms with van der Waals surface area (Å²) in [7, 11) is -3.81. The zero-order chi connectivity index (χ0) is 24.7. The Balaban J connectivity index is 1.56. The highest BCUT2D eigenvalue weighted by Gasteiger charge is 2.16. The number of nitrogens with one attached hydrogen (secondary N) is 2. The summed E-state index contributed by atoms with van der Waals surface area (Å²) in [6, 6.07) is 14.4. The van der Waals surface area contributed by atoms with Crippen molar-refractivity contribution in [3.05, 3.63) is 83.9 Å². The molecule has 1 amide bonds. The topological polar surface area (TPSA) is 93.7 Å². The smallest absolute Gasteiger partial charge is 0.261 e. The Morgan fingerprint density at radius 3 is 2.26 bits per heavy atom. The molecule has 0 radical (unpaired) electrons. The summed E-state index contributed by atoms with van der Waals surface area (Å²) >= 11 is 0. The SMILES string of the molecule is CCOc1ccc(S(=O)(=O)Nc2ccc(C(=O)NC(C)COc3ccc(F)cc3F)cc2)cc1. The molecule has 3 rings (SSSR count). The fourth-order valence-corrected chi connectivity index (χ4v) is 4.00. The molecule has 0 aliphatic rings. The lowest BCUT2D eigenvalue weighted by Gasteiger charge is -2.16. The van der Waals surface area contributed by atoms with Crippen molar-refractivity contribution < 1.29 is 31.5 Å². The van der Waals surface area contributed by atoms with E-state index in [2.05, 4.69) is 10.0 Å². The minimum absolute atomic E-state index is 0.0335. The molecule has 0 saturated carbocycles. The zero-order valence-electron chi connectivity index (χ0n) is 18.5. The Morgan fingerprint density at radius 1 is 0.971 bits per heavy atom. The number of rotatable bonds is 10. The van der Waals surface area contributed by atoms with Gasteiger partial charge in [0.05, 0.1) is 17.5 Å². The monoisotopic (exact) mass is 490 g/mol. The van der Waals surface area contributed by atoms with Crippen molar-refractivity contribution in [1.82, 2.24) is 5.32 Å². The number of carbonyl (C=O) groups excluding carboxylic acids is 1. The second kappa shape index (κ2) is 11.0. The van der Waals surface area contributed by atoms with E-state index in [1.54, 1.807) is 19.1 Å². The van der Waals surface area contributed by atoms with Crippen molar-refractivity contribution in [2.45, 2.75) is 24.8 Å². The van der Waals surface area contributed by atoms with E-state index < -0.39 is 33.6 Å². The van der Waals surface area contributed by atoms with Gasteiger partial charge >= 0.3 is 0 Å². The highest BCUT2D eigenvalue weighted by molar-refractivity contribution is 7.92. The molecule has 3 aromatic rings. The lowest BCUT2D eigenvalue weighted by Crippen LogP contribution is -2.36. The molecule has 2 N–H and O–H groups in total. The highest BCUT2D eigenvalue weighted by atomic mass is 32.2. The van der Waals surface area contributed by atoms with Crippen molar-refractivity contribution in [2.75, 3.05) is 17.9 Å². The quantitative estimate of drug-likeness (QED) is 0.441. The van der Waals surface area contributed by atoms with Crippen molar-refractivity contribution in [1.29, 1.82) is 0 Å². The standard InChI is InChI=1S/C24H24F2N2O5S/c1-3-32-20-9-11-21(12-10-20)34(30,31)28-19-7-4-17(5-8-19)24(29)27-16(2)15-33-23-13-6-18(25)14-22(23)26/h4-14,16,28H,3,15H2,1-2H3,(H,27,29). The van der Waals surface area contributed by atoms with Crippen LogP contribution in [0.5, 0.6) is 11.5 Å². The molecule has 1 atom stereocenters. The molecule has 10 heteroatoms. The first-order valence-electron chi connectivity index (χ1n) is 10.4. The number of benzene rings is 3. The van der Waals surface area contributed by atoms with Crippen LogP contribution in [0, 0.1) is 11.6 Å². The maximum Gasteiger partial charge on any atom is 0.261 e. The van der Waals surface area contributed by atoms with Gasteiger partial charge in [-0.3, -0.25) is 9.52 Å². The summed E-state index contributed by atoms with van der Waals surface area (Å²) in [5, 5.41) is 2.70. The van der Waals surface area contributed by atoms with Gasteiger partial charge in [-0.25, -0.2) is 17.2 Å². The third kappa shape index (κ3) is 6.67. The van der Waals surface area contributed by atoms with E-state index in [0.717, 1.165) is 6.07 Å². The number of sulfonamides is 1. The third-order valence-electron chi connectivity index (χ3n) is 4.60. The Morgan fingerprint density at radius 2 is 1.65 bits per heavy atom. The van der Waals surface area contributed by atoms with Gasteiger partial charge in [-0.2, -0.15) is 0 Å². The fourth-order valence-electron chi connectivity index (χ4n) is 2.94. The van der Waals surface area contributed by atoms with Gasteiger partial charge in [-0.15, -0.1) is 0 Å². The van der Waals surface area contributed by atoms with Crippen LogP contribution >= 0.6 is 0 Å². The molecule has 0 aromatic heterocycles. The maximum atomic E-state index is 13.6. The van der Waals surface area contributed by atoms with E-state index >= 15 is 0 Å². The first-order valence-corrected chi connectivity index (χ1v) is 11.9. The zero-order valence-corrected chi connectivity index (χ0v) is 19.4. The number of halogens is 2. The van der Waals surface area contributed by atoms with Crippen molar-refractivity contribution in [2.24, 2.45) is 0 Å². The molecule has 180 valence electrons. The maximum absolute atomic E-state index is 13.6. The first kappa shape index (κ1) is 25.0. The van der Waals surface area contributed by atoms with Crippen LogP contribution < -0.4 is 19.5 Å². The normalized spacial score (nSPS) is 12.0. The second-order valence-electron chi connectivity index (χ2n) is 7.35. The van der Waals surface area contributed by atoms with Crippen molar-refractivity contribution in [3.63, 3.8) is 0 Å². The Kier molecular flexibility index (Phi) is 8.06. The van der Waals surface area contributed by atoms with Gasteiger partial charge in [0.25, 0.3) is 15.9 Å². The summed E-state index contributed by atoms with van der Waals surface area (Å²) < 4.78 is 64.8. The molecule has 0 spiro atoms. The van der Waals surface area contributed by atoms with Gasteiger partial charge in [0, 0.05) is 17.3 Å². The molecule has 0 saturated heterocycles. The van der Waals surface area contributed by atoms with Gasteiger partial charge in [0.2, 0.25) is 0 Å². The van der Waals surface area contributed by atoms with E-state index in [1.165, 1.54) is 42.5 Å². The van der Waals surface area contributed by atoms with E-state index in [0.29, 0.717) is 24.0 Å². The molecule has 3 aromatic carbocycles. The summed E-state index contributed by atoms with van der Waals surface area (Å²) in [5.74, 6) is -1.51. The van der Waals surface area contributed by atoms with Crippen molar-refractivity contribution >= 4 is 21.6 Å². The molecular formula is C24H24F2N2O5S. The van der Waals surface area contributed by atoms with Crippen LogP contribution in [0.4, 0.5) is 14.5 Å². The molecule has 7 nitrogen and oxygen atoms in total. The van der Waals surface area contributed by atoms with Crippen molar-refractivity contribution in [3.8, 4) is 11.5 Å². The summed E-state index contributed by atoms with van der Waals surface area (Å²) in [6.07, 6.45) is 0. The summed E-state index contributed by atoms with van der Waals surface area (Å²) in [6.45, 7) is 3.94. The number of hydrogen-bond acceptors (Lipinski definition) is 5. The van der Waals surface area contributed by atoms with Crippen LogP contribution in [0.15, 0.2) is 71.6 Å².